The summed E-state index contributed by atoms with van der Waals surface area (Å²) in [5.41, 5.74) is 2.98. The van der Waals surface area contributed by atoms with Crippen molar-refractivity contribution in [1.29, 1.82) is 0 Å². The third kappa shape index (κ3) is 4.98. The first-order chi connectivity index (χ1) is 13.1. The van der Waals surface area contributed by atoms with Crippen molar-refractivity contribution in [2.75, 3.05) is 40.0 Å². The molecule has 1 heterocycles. The van der Waals surface area contributed by atoms with Crippen molar-refractivity contribution in [3.05, 3.63) is 58.9 Å². The van der Waals surface area contributed by atoms with E-state index in [1.807, 2.05) is 19.1 Å². The normalized spacial score (nSPS) is 14.1. The molecule has 0 aromatic heterocycles. The van der Waals surface area contributed by atoms with Crippen LogP contribution in [0.3, 0.4) is 0 Å². The first-order valence-electron chi connectivity index (χ1n) is 8.97. The predicted molar refractivity (Wildman–Crippen MR) is 99.8 cm³/mol. The van der Waals surface area contributed by atoms with Gasteiger partial charge in [0.15, 0.2) is 18.1 Å². The number of hydrogen-bond acceptors (Lipinski definition) is 4. The van der Waals surface area contributed by atoms with Gasteiger partial charge in [-0.15, -0.1) is 0 Å². The Morgan fingerprint density at radius 3 is 2.63 bits per heavy atom. The largest absolute Gasteiger partial charge is 0.493 e. The standard InChI is InChI=1S/C21H24FNO4/c1-15-11-18(22)5-4-17(15)12-16-3-6-19(20(13-16)25-2)27-14-21(24)23-7-9-26-10-8-23/h3-6,11,13H,7-10,12,14H2,1-2H3. The monoisotopic (exact) mass is 373 g/mol. The molecule has 1 fully saturated rings. The fraction of sp³-hybridized carbons (Fsp3) is 0.381. The van der Waals surface area contributed by atoms with Crippen LogP contribution in [0.1, 0.15) is 16.7 Å². The van der Waals surface area contributed by atoms with Gasteiger partial charge < -0.3 is 19.1 Å². The average molecular weight is 373 g/mol. The van der Waals surface area contributed by atoms with Crippen molar-refractivity contribution < 1.29 is 23.4 Å². The van der Waals surface area contributed by atoms with E-state index in [4.69, 9.17) is 14.2 Å². The molecule has 0 bridgehead atoms. The number of rotatable bonds is 6. The highest BCUT2D eigenvalue weighted by atomic mass is 19.1. The van der Waals surface area contributed by atoms with Gasteiger partial charge in [-0.2, -0.15) is 0 Å². The lowest BCUT2D eigenvalue weighted by atomic mass is 10.0. The zero-order valence-corrected chi connectivity index (χ0v) is 15.7. The maximum atomic E-state index is 13.3. The van der Waals surface area contributed by atoms with E-state index < -0.39 is 0 Å². The smallest absolute Gasteiger partial charge is 0.260 e. The van der Waals surface area contributed by atoms with Gasteiger partial charge in [-0.3, -0.25) is 4.79 Å². The maximum absolute atomic E-state index is 13.3. The summed E-state index contributed by atoms with van der Waals surface area (Å²) < 4.78 is 29.6. The quantitative estimate of drug-likeness (QED) is 0.781. The van der Waals surface area contributed by atoms with Crippen molar-refractivity contribution in [2.45, 2.75) is 13.3 Å². The molecule has 0 unspecified atom stereocenters. The van der Waals surface area contributed by atoms with Crippen molar-refractivity contribution in [3.8, 4) is 11.5 Å². The summed E-state index contributed by atoms with van der Waals surface area (Å²) in [7, 11) is 1.57. The van der Waals surface area contributed by atoms with Gasteiger partial charge in [0, 0.05) is 13.1 Å². The number of halogens is 1. The Morgan fingerprint density at radius 2 is 1.93 bits per heavy atom. The Hall–Kier alpha value is -2.60. The fourth-order valence-electron chi connectivity index (χ4n) is 3.06. The molecular formula is C21H24FNO4. The van der Waals surface area contributed by atoms with Gasteiger partial charge in [-0.25, -0.2) is 4.39 Å². The number of carbonyl (C=O) groups excluding carboxylic acids is 1. The van der Waals surface area contributed by atoms with Gasteiger partial charge in [-0.05, 0) is 54.3 Å². The summed E-state index contributed by atoms with van der Waals surface area (Å²) in [6.07, 6.45) is 0.662. The molecule has 1 aliphatic rings. The van der Waals surface area contributed by atoms with Crippen molar-refractivity contribution in [3.63, 3.8) is 0 Å². The van der Waals surface area contributed by atoms with Gasteiger partial charge in [0.1, 0.15) is 5.82 Å². The lowest BCUT2D eigenvalue weighted by Gasteiger charge is -2.26. The number of ether oxygens (including phenoxy) is 3. The van der Waals surface area contributed by atoms with Gasteiger partial charge in [-0.1, -0.05) is 12.1 Å². The molecule has 5 nitrogen and oxygen atoms in total. The summed E-state index contributed by atoms with van der Waals surface area (Å²) in [5, 5.41) is 0. The van der Waals surface area contributed by atoms with E-state index in [9.17, 15) is 9.18 Å². The van der Waals surface area contributed by atoms with Crippen molar-refractivity contribution >= 4 is 5.91 Å². The van der Waals surface area contributed by atoms with Crippen LogP contribution in [0.5, 0.6) is 11.5 Å². The number of carbonyl (C=O) groups is 1. The first kappa shape index (κ1) is 19.2. The zero-order valence-electron chi connectivity index (χ0n) is 15.7. The van der Waals surface area contributed by atoms with Crippen LogP contribution in [0.15, 0.2) is 36.4 Å². The lowest BCUT2D eigenvalue weighted by Crippen LogP contribution is -2.43. The number of benzene rings is 2. The number of methoxy groups -OCH3 is 1. The lowest BCUT2D eigenvalue weighted by molar-refractivity contribution is -0.137. The molecule has 2 aromatic carbocycles. The third-order valence-electron chi connectivity index (χ3n) is 4.64. The Balaban J connectivity index is 1.65. The van der Waals surface area contributed by atoms with E-state index in [1.54, 1.807) is 24.1 Å². The van der Waals surface area contributed by atoms with Crippen LogP contribution in [-0.4, -0.2) is 50.8 Å². The van der Waals surface area contributed by atoms with Gasteiger partial charge in [0.25, 0.3) is 5.91 Å². The molecule has 2 aromatic rings. The number of aryl methyl sites for hydroxylation is 1. The van der Waals surface area contributed by atoms with E-state index in [1.165, 1.54) is 12.1 Å². The van der Waals surface area contributed by atoms with Crippen molar-refractivity contribution in [1.82, 2.24) is 4.90 Å². The van der Waals surface area contributed by atoms with E-state index in [2.05, 4.69) is 0 Å². The second-order valence-corrected chi connectivity index (χ2v) is 6.51. The molecule has 0 radical (unpaired) electrons. The molecule has 1 saturated heterocycles. The molecule has 144 valence electrons. The highest BCUT2D eigenvalue weighted by molar-refractivity contribution is 5.78. The van der Waals surface area contributed by atoms with Gasteiger partial charge >= 0.3 is 0 Å². The third-order valence-corrected chi connectivity index (χ3v) is 4.64. The molecular weight excluding hydrogens is 349 g/mol. The number of amides is 1. The second-order valence-electron chi connectivity index (χ2n) is 6.51. The Morgan fingerprint density at radius 1 is 1.15 bits per heavy atom. The first-order valence-corrected chi connectivity index (χ1v) is 8.97. The topological polar surface area (TPSA) is 48.0 Å². The summed E-state index contributed by atoms with van der Waals surface area (Å²) in [6.45, 7) is 4.17. The molecule has 0 N–H and O–H groups in total. The number of nitrogens with zero attached hydrogens (tertiary/aromatic N) is 1. The van der Waals surface area contributed by atoms with E-state index in [-0.39, 0.29) is 18.3 Å². The minimum Gasteiger partial charge on any atom is -0.493 e. The Labute approximate surface area is 158 Å². The summed E-state index contributed by atoms with van der Waals surface area (Å²) in [4.78, 5) is 14.0. The minimum absolute atomic E-state index is 0.0349. The van der Waals surface area contributed by atoms with Gasteiger partial charge in [0.2, 0.25) is 0 Å². The van der Waals surface area contributed by atoms with E-state index in [0.29, 0.717) is 44.2 Å². The van der Waals surface area contributed by atoms with Crippen LogP contribution in [0.4, 0.5) is 4.39 Å². The Kier molecular flexibility index (Phi) is 6.29. The molecule has 27 heavy (non-hydrogen) atoms. The molecule has 1 amide bonds. The Bertz CT molecular complexity index is 803. The molecule has 0 aliphatic carbocycles. The van der Waals surface area contributed by atoms with Crippen LogP contribution in [0, 0.1) is 12.7 Å². The SMILES string of the molecule is COc1cc(Cc2ccc(F)cc2C)ccc1OCC(=O)N1CCOCC1. The van der Waals surface area contributed by atoms with E-state index >= 15 is 0 Å². The van der Waals surface area contributed by atoms with Crippen LogP contribution >= 0.6 is 0 Å². The highest BCUT2D eigenvalue weighted by Gasteiger charge is 2.18. The molecule has 0 spiro atoms. The molecule has 0 saturated carbocycles. The summed E-state index contributed by atoms with van der Waals surface area (Å²) >= 11 is 0. The van der Waals surface area contributed by atoms with Crippen molar-refractivity contribution in [2.24, 2.45) is 0 Å². The number of morpholine rings is 1. The predicted octanol–water partition coefficient (Wildman–Crippen LogP) is 2.97. The van der Waals surface area contributed by atoms with E-state index in [0.717, 1.165) is 16.7 Å². The number of hydrogen-bond donors (Lipinski definition) is 0. The minimum atomic E-state index is -0.234. The molecule has 3 rings (SSSR count). The summed E-state index contributed by atoms with van der Waals surface area (Å²) in [6, 6.07) is 10.4. The zero-order chi connectivity index (χ0) is 19.2. The van der Waals surface area contributed by atoms with Crippen LogP contribution in [0.2, 0.25) is 0 Å². The van der Waals surface area contributed by atoms with Gasteiger partial charge in [0.05, 0.1) is 20.3 Å². The highest BCUT2D eigenvalue weighted by Crippen LogP contribution is 2.29. The van der Waals surface area contributed by atoms with Crippen LogP contribution < -0.4 is 9.47 Å². The van der Waals surface area contributed by atoms with Crippen LogP contribution in [-0.2, 0) is 16.0 Å². The molecule has 0 atom stereocenters. The second kappa shape index (κ2) is 8.86. The fourth-order valence-corrected chi connectivity index (χ4v) is 3.06. The maximum Gasteiger partial charge on any atom is 0.260 e. The average Bonchev–Trinajstić information content (AvgIpc) is 2.69. The molecule has 1 aliphatic heterocycles. The summed E-state index contributed by atoms with van der Waals surface area (Å²) in [5.74, 6) is 0.801. The van der Waals surface area contributed by atoms with Crippen LogP contribution in [0.25, 0.3) is 0 Å². The molecule has 6 heteroatoms.